The van der Waals surface area contributed by atoms with E-state index in [0.29, 0.717) is 57.4 Å². The number of carbonyl (C=O) groups is 4. The highest BCUT2D eigenvalue weighted by atomic mass is 16.5. The van der Waals surface area contributed by atoms with Gasteiger partial charge in [0.25, 0.3) is 5.91 Å². The lowest BCUT2D eigenvalue weighted by Gasteiger charge is -2.50. The smallest absolute Gasteiger partial charge is 0.257 e. The molecule has 3 aliphatic heterocycles. The molecule has 56 heavy (non-hydrogen) atoms. The molecule has 5 aliphatic rings. The Hall–Kier alpha value is -4.52. The Labute approximate surface area is 329 Å². The summed E-state index contributed by atoms with van der Waals surface area (Å²) in [7, 11) is 0. The fourth-order valence-electron chi connectivity index (χ4n) is 9.74. The number of amides is 4. The quantitative estimate of drug-likeness (QED) is 0.277. The Morgan fingerprint density at radius 2 is 1.66 bits per heavy atom. The summed E-state index contributed by atoms with van der Waals surface area (Å²) in [5.74, 6) is 0.557. The van der Waals surface area contributed by atoms with Gasteiger partial charge in [-0.2, -0.15) is 5.10 Å². The van der Waals surface area contributed by atoms with Crippen molar-refractivity contribution in [2.45, 2.75) is 96.7 Å². The monoisotopic (exact) mass is 766 g/mol. The number of hydrogen-bond acceptors (Lipinski definition) is 7. The Morgan fingerprint density at radius 1 is 0.946 bits per heavy atom. The van der Waals surface area contributed by atoms with Crippen LogP contribution in [0.1, 0.15) is 99.8 Å². The minimum Gasteiger partial charge on any atom is -0.376 e. The number of nitrogens with zero attached hydrogens (tertiary/aromatic N) is 6. The summed E-state index contributed by atoms with van der Waals surface area (Å²) >= 11 is 0. The Kier molecular flexibility index (Phi) is 10.8. The molecular weight excluding hydrogens is 709 g/mol. The van der Waals surface area contributed by atoms with Crippen molar-refractivity contribution in [3.8, 4) is 0 Å². The number of H-pyrrole nitrogens is 1. The molecule has 2 aromatic heterocycles. The van der Waals surface area contributed by atoms with Gasteiger partial charge in [0.05, 0.1) is 30.3 Å². The van der Waals surface area contributed by atoms with E-state index in [0.717, 1.165) is 43.5 Å². The average Bonchev–Trinajstić information content (AvgIpc) is 3.72. The molecule has 5 heterocycles. The van der Waals surface area contributed by atoms with Gasteiger partial charge < -0.3 is 29.7 Å². The maximum Gasteiger partial charge on any atom is 0.257 e. The molecule has 8 rings (SSSR count). The minimum atomic E-state index is -0.880. The molecule has 2 saturated carbocycles. The molecular formula is C43H58N8O5. The third-order valence-corrected chi connectivity index (χ3v) is 13.5. The van der Waals surface area contributed by atoms with Gasteiger partial charge in [0.1, 0.15) is 11.9 Å². The van der Waals surface area contributed by atoms with Crippen molar-refractivity contribution in [2.75, 3.05) is 45.9 Å². The molecule has 0 bridgehead atoms. The number of piperidine rings is 1. The van der Waals surface area contributed by atoms with E-state index < -0.39 is 23.5 Å². The first-order valence-electron chi connectivity index (χ1n) is 20.8. The summed E-state index contributed by atoms with van der Waals surface area (Å²) in [6, 6.07) is 9.07. The number of likely N-dealkylation sites (tertiary alicyclic amines) is 3. The van der Waals surface area contributed by atoms with Crippen LogP contribution in [0.5, 0.6) is 0 Å². The average molecular weight is 767 g/mol. The molecule has 0 radical (unpaired) electrons. The predicted molar refractivity (Wildman–Crippen MR) is 209 cm³/mol. The number of ether oxygens (including phenoxy) is 1. The number of rotatable bonds is 12. The first-order valence-corrected chi connectivity index (χ1v) is 20.8. The summed E-state index contributed by atoms with van der Waals surface area (Å²) in [6.07, 6.45) is 14.7. The fraction of sp³-hybridized carbons (Fsp3) is 0.628. The topological polar surface area (TPSA) is 146 Å². The lowest BCUT2D eigenvalue weighted by atomic mass is 9.70. The van der Waals surface area contributed by atoms with Crippen LogP contribution in [0.2, 0.25) is 0 Å². The summed E-state index contributed by atoms with van der Waals surface area (Å²) < 4.78 is 8.20. The molecule has 4 amide bonds. The Balaban J connectivity index is 0.994. The summed E-state index contributed by atoms with van der Waals surface area (Å²) in [4.78, 5) is 69.9. The number of imidazole rings is 1. The van der Waals surface area contributed by atoms with Crippen molar-refractivity contribution >= 4 is 23.6 Å². The SMILES string of the molecule is C[C@@H](OCC1CCCCC1)[C@H](NC(=O)[C@@H]1CN(C(=O)c2cnn(Cc3ccccc3)c2)CC12CN(C(=O)[C@H]1CC1(C)C)C2)C(=O)N1CCC(c2ncc[nH]2)CC1. The molecule has 5 fully saturated rings. The van der Waals surface area contributed by atoms with Crippen molar-refractivity contribution in [3.63, 3.8) is 0 Å². The zero-order valence-electron chi connectivity index (χ0n) is 33.2. The number of aromatic nitrogens is 4. The summed E-state index contributed by atoms with van der Waals surface area (Å²) in [5.41, 5.74) is 0.907. The van der Waals surface area contributed by atoms with Gasteiger partial charge in [-0.25, -0.2) is 4.98 Å². The van der Waals surface area contributed by atoms with Crippen LogP contribution in [0.3, 0.4) is 0 Å². The number of nitrogens with one attached hydrogen (secondary N) is 2. The van der Waals surface area contributed by atoms with Crippen molar-refractivity contribution in [1.29, 1.82) is 0 Å². The van der Waals surface area contributed by atoms with E-state index in [4.69, 9.17) is 4.74 Å². The lowest BCUT2D eigenvalue weighted by molar-refractivity contribution is -0.153. The first-order chi connectivity index (χ1) is 27.0. The van der Waals surface area contributed by atoms with Gasteiger partial charge in [0, 0.05) is 81.7 Å². The van der Waals surface area contributed by atoms with Gasteiger partial charge in [0.15, 0.2) is 0 Å². The molecule has 1 aromatic carbocycles. The Morgan fingerprint density at radius 3 is 2.34 bits per heavy atom. The molecule has 13 heteroatoms. The molecule has 1 spiro atoms. The molecule has 3 aromatic rings. The number of hydrogen-bond donors (Lipinski definition) is 2. The Bertz CT molecular complexity index is 1860. The van der Waals surface area contributed by atoms with Crippen molar-refractivity contribution < 1.29 is 23.9 Å². The standard InChI is InChI=1S/C43H58N8O5/c1-29(56-25-31-12-8-5-9-13-31)36(41(55)48-18-14-32(15-19-48)37-44-16-17-45-37)47-38(52)35-24-49(26-43(35)27-50(28-43)40(54)34-20-42(34,2)3)39(53)33-21-46-51(23-33)22-30-10-6-4-7-11-30/h4,6-7,10-11,16-17,21,23,29,31-32,34-36H,5,8-9,12-15,18-20,22,24-28H2,1-3H3,(H,44,45)(H,47,52)/t29-,34-,35+,36+/m1/s1. The first kappa shape index (κ1) is 38.4. The normalized spacial score (nSPS) is 24.4. The van der Waals surface area contributed by atoms with Crippen LogP contribution in [0.4, 0.5) is 0 Å². The van der Waals surface area contributed by atoms with E-state index in [2.05, 4.69) is 34.2 Å². The second-order valence-corrected chi connectivity index (χ2v) is 18.1. The zero-order valence-corrected chi connectivity index (χ0v) is 33.2. The van der Waals surface area contributed by atoms with E-state index in [9.17, 15) is 19.2 Å². The molecule has 3 saturated heterocycles. The second kappa shape index (κ2) is 15.8. The van der Waals surface area contributed by atoms with E-state index in [1.165, 1.54) is 19.3 Å². The lowest BCUT2D eigenvalue weighted by Crippen LogP contribution is -2.65. The molecule has 2 aliphatic carbocycles. The van der Waals surface area contributed by atoms with Crippen molar-refractivity contribution in [3.05, 3.63) is 72.1 Å². The number of aromatic amines is 1. The summed E-state index contributed by atoms with van der Waals surface area (Å²) in [5, 5.41) is 7.67. The molecule has 2 N–H and O–H groups in total. The van der Waals surface area contributed by atoms with Crippen molar-refractivity contribution in [1.82, 2.24) is 39.8 Å². The molecule has 4 atom stereocenters. The highest BCUT2D eigenvalue weighted by molar-refractivity contribution is 5.96. The van der Waals surface area contributed by atoms with Gasteiger partial charge in [-0.15, -0.1) is 0 Å². The van der Waals surface area contributed by atoms with Gasteiger partial charge in [-0.1, -0.05) is 63.4 Å². The van der Waals surface area contributed by atoms with Crippen LogP contribution in [0.15, 0.2) is 55.1 Å². The largest absolute Gasteiger partial charge is 0.376 e. The van der Waals surface area contributed by atoms with Crippen LogP contribution >= 0.6 is 0 Å². The van der Waals surface area contributed by atoms with Crippen LogP contribution in [-0.4, -0.2) is 116 Å². The predicted octanol–water partition coefficient (Wildman–Crippen LogP) is 4.48. The fourth-order valence-corrected chi connectivity index (χ4v) is 9.74. The highest BCUT2D eigenvalue weighted by Gasteiger charge is 2.62. The number of carbonyl (C=O) groups excluding carboxylic acids is 4. The maximum atomic E-state index is 14.7. The van der Waals surface area contributed by atoms with Gasteiger partial charge in [-0.3, -0.25) is 23.9 Å². The second-order valence-electron chi connectivity index (χ2n) is 18.1. The maximum absolute atomic E-state index is 14.7. The third-order valence-electron chi connectivity index (χ3n) is 13.5. The van der Waals surface area contributed by atoms with Crippen LogP contribution in [0.25, 0.3) is 0 Å². The molecule has 13 nitrogen and oxygen atoms in total. The van der Waals surface area contributed by atoms with Crippen LogP contribution in [0, 0.1) is 28.6 Å². The molecule has 300 valence electrons. The third kappa shape index (κ3) is 8.01. The van der Waals surface area contributed by atoms with E-state index in [1.807, 2.05) is 53.3 Å². The highest BCUT2D eigenvalue weighted by Crippen LogP contribution is 2.54. The van der Waals surface area contributed by atoms with E-state index in [-0.39, 0.29) is 47.4 Å². The van der Waals surface area contributed by atoms with E-state index in [1.54, 1.807) is 28.2 Å². The van der Waals surface area contributed by atoms with Crippen molar-refractivity contribution in [2.24, 2.45) is 28.6 Å². The van der Waals surface area contributed by atoms with Gasteiger partial charge in [-0.05, 0) is 55.9 Å². The van der Waals surface area contributed by atoms with Gasteiger partial charge >= 0.3 is 0 Å². The van der Waals surface area contributed by atoms with Crippen LogP contribution < -0.4 is 5.32 Å². The minimum absolute atomic E-state index is 0.0113. The van der Waals surface area contributed by atoms with E-state index >= 15 is 0 Å². The number of benzene rings is 1. The van der Waals surface area contributed by atoms with Crippen LogP contribution in [-0.2, 0) is 25.7 Å². The molecule has 0 unspecified atom stereocenters. The zero-order chi connectivity index (χ0) is 39.0. The van der Waals surface area contributed by atoms with Gasteiger partial charge in [0.2, 0.25) is 17.7 Å². The summed E-state index contributed by atoms with van der Waals surface area (Å²) in [6.45, 7) is 9.69.